The highest BCUT2D eigenvalue weighted by Gasteiger charge is 2.30. The Bertz CT molecular complexity index is 1120. The minimum Gasteiger partial charge on any atom is -0.342 e. The van der Waals surface area contributed by atoms with Gasteiger partial charge in [0.05, 0.1) is 22.8 Å². The van der Waals surface area contributed by atoms with Crippen LogP contribution in [0.15, 0.2) is 54.6 Å². The van der Waals surface area contributed by atoms with Gasteiger partial charge in [-0.1, -0.05) is 30.3 Å². The standard InChI is InChI=1S/C27H33N5O2S/c1-20(27-29-23-9-5-6-10-24(23)35-27)31-17-15-30(16-18-31)19-25(33)32-13-11-21(12-14-32)26(34)28-22-7-3-2-4-8-22/h2-10,20-21H,11-19H2,1H3,(H,28,34)/t20-/m1/s1. The Morgan fingerprint density at radius 3 is 2.37 bits per heavy atom. The van der Waals surface area contributed by atoms with E-state index >= 15 is 0 Å². The van der Waals surface area contributed by atoms with Crippen LogP contribution in [0.4, 0.5) is 5.69 Å². The van der Waals surface area contributed by atoms with Gasteiger partial charge < -0.3 is 10.2 Å². The summed E-state index contributed by atoms with van der Waals surface area (Å²) in [6.45, 7) is 7.65. The van der Waals surface area contributed by atoms with Gasteiger partial charge in [0.2, 0.25) is 11.8 Å². The van der Waals surface area contributed by atoms with Crippen LogP contribution in [-0.2, 0) is 9.59 Å². The number of piperidine rings is 1. The molecule has 0 saturated carbocycles. The van der Waals surface area contributed by atoms with E-state index in [9.17, 15) is 9.59 Å². The normalized spacial score (nSPS) is 19.1. The fourth-order valence-electron chi connectivity index (χ4n) is 4.98. The summed E-state index contributed by atoms with van der Waals surface area (Å²) in [5, 5.41) is 4.16. The number of para-hydroxylation sites is 2. The largest absolute Gasteiger partial charge is 0.342 e. The van der Waals surface area contributed by atoms with Crippen molar-refractivity contribution in [3.8, 4) is 0 Å². The number of rotatable bonds is 6. The molecule has 2 amide bonds. The quantitative estimate of drug-likeness (QED) is 0.567. The van der Waals surface area contributed by atoms with E-state index in [1.54, 1.807) is 11.3 Å². The van der Waals surface area contributed by atoms with Crippen LogP contribution in [0.5, 0.6) is 0 Å². The molecule has 0 unspecified atom stereocenters. The van der Waals surface area contributed by atoms with Gasteiger partial charge >= 0.3 is 0 Å². The van der Waals surface area contributed by atoms with E-state index < -0.39 is 0 Å². The van der Waals surface area contributed by atoms with Crippen LogP contribution < -0.4 is 5.32 Å². The summed E-state index contributed by atoms with van der Waals surface area (Å²) in [5.41, 5.74) is 1.90. The second kappa shape index (κ2) is 10.8. The lowest BCUT2D eigenvalue weighted by atomic mass is 9.95. The topological polar surface area (TPSA) is 68.8 Å². The Hall–Kier alpha value is -2.81. The van der Waals surface area contributed by atoms with E-state index in [0.29, 0.717) is 19.6 Å². The summed E-state index contributed by atoms with van der Waals surface area (Å²) in [6.07, 6.45) is 1.44. The van der Waals surface area contributed by atoms with Crippen molar-refractivity contribution in [3.05, 3.63) is 59.6 Å². The molecule has 1 N–H and O–H groups in total. The van der Waals surface area contributed by atoms with Crippen LogP contribution in [-0.4, -0.2) is 77.3 Å². The Labute approximate surface area is 210 Å². The fraction of sp³-hybridized carbons (Fsp3) is 0.444. The molecule has 1 aromatic heterocycles. The number of amides is 2. The molecule has 3 aromatic rings. The predicted octanol–water partition coefficient (Wildman–Crippen LogP) is 3.85. The van der Waals surface area contributed by atoms with Crippen LogP contribution in [0, 0.1) is 5.92 Å². The van der Waals surface area contributed by atoms with E-state index in [0.717, 1.165) is 55.2 Å². The van der Waals surface area contributed by atoms with Crippen LogP contribution in [0.3, 0.4) is 0 Å². The van der Waals surface area contributed by atoms with Gasteiger partial charge in [0.25, 0.3) is 0 Å². The van der Waals surface area contributed by atoms with Crippen LogP contribution >= 0.6 is 11.3 Å². The van der Waals surface area contributed by atoms with Gasteiger partial charge in [0.1, 0.15) is 5.01 Å². The molecule has 7 nitrogen and oxygen atoms in total. The van der Waals surface area contributed by atoms with E-state index in [1.165, 1.54) is 4.70 Å². The second-order valence-corrected chi connectivity index (χ2v) is 10.6. The lowest BCUT2D eigenvalue weighted by Gasteiger charge is -2.38. The first kappa shape index (κ1) is 23.9. The number of hydrogen-bond donors (Lipinski definition) is 1. The van der Waals surface area contributed by atoms with Gasteiger partial charge in [0, 0.05) is 50.9 Å². The number of benzene rings is 2. The van der Waals surface area contributed by atoms with E-state index in [2.05, 4.69) is 40.2 Å². The lowest BCUT2D eigenvalue weighted by Crippen LogP contribution is -2.51. The zero-order chi connectivity index (χ0) is 24.2. The SMILES string of the molecule is C[C@H](c1nc2ccccc2s1)N1CCN(CC(=O)N2CCC(C(=O)Nc3ccccc3)CC2)CC1. The molecule has 0 aliphatic carbocycles. The number of nitrogens with one attached hydrogen (secondary N) is 1. The Balaban J connectivity index is 1.05. The second-order valence-electron chi connectivity index (χ2n) is 9.52. The molecule has 0 radical (unpaired) electrons. The number of likely N-dealkylation sites (tertiary alicyclic amines) is 1. The summed E-state index contributed by atoms with van der Waals surface area (Å²) in [4.78, 5) is 37.0. The number of fused-ring (bicyclic) bond motifs is 1. The maximum absolute atomic E-state index is 12.9. The van der Waals surface area contributed by atoms with Gasteiger partial charge in [-0.05, 0) is 44.0 Å². The fourth-order valence-corrected chi connectivity index (χ4v) is 6.04. The molecule has 5 rings (SSSR count). The smallest absolute Gasteiger partial charge is 0.236 e. The molecule has 2 aliphatic rings. The van der Waals surface area contributed by atoms with Crippen molar-refractivity contribution in [1.82, 2.24) is 19.7 Å². The zero-order valence-corrected chi connectivity index (χ0v) is 21.0. The highest BCUT2D eigenvalue weighted by molar-refractivity contribution is 7.18. The molecule has 2 fully saturated rings. The van der Waals surface area contributed by atoms with Crippen molar-refractivity contribution in [2.75, 3.05) is 51.1 Å². The molecular formula is C27H33N5O2S. The molecule has 8 heteroatoms. The monoisotopic (exact) mass is 491 g/mol. The Morgan fingerprint density at radius 1 is 0.971 bits per heavy atom. The first-order chi connectivity index (χ1) is 17.1. The molecule has 2 aromatic carbocycles. The number of hydrogen-bond acceptors (Lipinski definition) is 6. The van der Waals surface area contributed by atoms with Gasteiger partial charge in [-0.15, -0.1) is 11.3 Å². The molecule has 2 saturated heterocycles. The number of nitrogens with zero attached hydrogens (tertiary/aromatic N) is 4. The average molecular weight is 492 g/mol. The van der Waals surface area contributed by atoms with Crippen molar-refractivity contribution >= 4 is 39.1 Å². The van der Waals surface area contributed by atoms with E-state index in [1.807, 2.05) is 41.3 Å². The summed E-state index contributed by atoms with van der Waals surface area (Å²) >= 11 is 1.78. The van der Waals surface area contributed by atoms with Crippen molar-refractivity contribution in [2.45, 2.75) is 25.8 Å². The van der Waals surface area contributed by atoms with Crippen LogP contribution in [0.1, 0.15) is 30.8 Å². The number of anilines is 1. The average Bonchev–Trinajstić information content (AvgIpc) is 3.34. The molecule has 3 heterocycles. The number of carbonyl (C=O) groups is 2. The first-order valence-electron chi connectivity index (χ1n) is 12.5. The maximum atomic E-state index is 12.9. The maximum Gasteiger partial charge on any atom is 0.236 e. The molecule has 1 atom stereocenters. The summed E-state index contributed by atoms with van der Waals surface area (Å²) < 4.78 is 1.24. The highest BCUT2D eigenvalue weighted by Crippen LogP contribution is 2.30. The number of thiazole rings is 1. The van der Waals surface area contributed by atoms with Crippen LogP contribution in [0.2, 0.25) is 0 Å². The Kier molecular flexibility index (Phi) is 7.41. The summed E-state index contributed by atoms with van der Waals surface area (Å²) in [5.74, 6) is 0.202. The predicted molar refractivity (Wildman–Crippen MR) is 140 cm³/mol. The van der Waals surface area contributed by atoms with Gasteiger partial charge in [-0.25, -0.2) is 4.98 Å². The van der Waals surface area contributed by atoms with Crippen molar-refractivity contribution in [1.29, 1.82) is 0 Å². The van der Waals surface area contributed by atoms with Crippen molar-refractivity contribution in [2.24, 2.45) is 5.92 Å². The zero-order valence-electron chi connectivity index (χ0n) is 20.2. The molecule has 2 aliphatic heterocycles. The van der Waals surface area contributed by atoms with Crippen LogP contribution in [0.25, 0.3) is 10.2 Å². The highest BCUT2D eigenvalue weighted by atomic mass is 32.1. The molecule has 35 heavy (non-hydrogen) atoms. The molecule has 0 spiro atoms. The summed E-state index contributed by atoms with van der Waals surface area (Å²) in [6, 6.07) is 18.1. The van der Waals surface area contributed by atoms with Gasteiger partial charge in [0.15, 0.2) is 0 Å². The van der Waals surface area contributed by atoms with Crippen molar-refractivity contribution < 1.29 is 9.59 Å². The third kappa shape index (κ3) is 5.72. The third-order valence-corrected chi connectivity index (χ3v) is 8.45. The number of piperazine rings is 1. The first-order valence-corrected chi connectivity index (χ1v) is 13.3. The number of aromatic nitrogens is 1. The molecule has 0 bridgehead atoms. The van der Waals surface area contributed by atoms with E-state index in [4.69, 9.17) is 4.98 Å². The lowest BCUT2D eigenvalue weighted by molar-refractivity contribution is -0.136. The van der Waals surface area contributed by atoms with E-state index in [-0.39, 0.29) is 23.8 Å². The van der Waals surface area contributed by atoms with Gasteiger partial charge in [-0.3, -0.25) is 19.4 Å². The molecular weight excluding hydrogens is 458 g/mol. The molecule has 184 valence electrons. The van der Waals surface area contributed by atoms with Gasteiger partial charge in [-0.2, -0.15) is 0 Å². The Morgan fingerprint density at radius 2 is 1.66 bits per heavy atom. The minimum atomic E-state index is -0.0354. The summed E-state index contributed by atoms with van der Waals surface area (Å²) in [7, 11) is 0. The minimum absolute atomic E-state index is 0.0354. The van der Waals surface area contributed by atoms with Crippen molar-refractivity contribution in [3.63, 3.8) is 0 Å². The number of carbonyl (C=O) groups excluding carboxylic acids is 2. The third-order valence-electron chi connectivity index (χ3n) is 7.24.